The monoisotopic (exact) mass is 526 g/mol. The maximum absolute atomic E-state index is 13.8. The number of esters is 1. The average Bonchev–Trinajstić information content (AvgIpc) is 3.13. The molecule has 188 valence electrons. The molecule has 0 amide bonds. The van der Waals surface area contributed by atoms with E-state index in [4.69, 9.17) is 25.8 Å². The molecule has 9 heteroatoms. The second kappa shape index (κ2) is 10.7. The lowest BCUT2D eigenvalue weighted by Crippen LogP contribution is -2.40. The molecule has 1 aromatic heterocycles. The summed E-state index contributed by atoms with van der Waals surface area (Å²) in [6.07, 6.45) is 1.62. The summed E-state index contributed by atoms with van der Waals surface area (Å²) in [6.45, 7) is 7.54. The van der Waals surface area contributed by atoms with Gasteiger partial charge in [0, 0.05) is 16.1 Å². The van der Waals surface area contributed by atoms with Crippen LogP contribution in [-0.4, -0.2) is 30.4 Å². The maximum atomic E-state index is 13.8. The number of hydrogen-bond acceptors (Lipinski definition) is 7. The Morgan fingerprint density at radius 2 is 1.97 bits per heavy atom. The molecule has 1 atom stereocenters. The van der Waals surface area contributed by atoms with E-state index in [0.29, 0.717) is 48.3 Å². The highest BCUT2D eigenvalue weighted by Gasteiger charge is 2.35. The lowest BCUT2D eigenvalue weighted by atomic mass is 9.95. The van der Waals surface area contributed by atoms with Gasteiger partial charge in [0.1, 0.15) is 17.5 Å². The summed E-state index contributed by atoms with van der Waals surface area (Å²) in [5.41, 5.74) is 1.84. The Kier molecular flexibility index (Phi) is 7.66. The molecule has 0 spiro atoms. The van der Waals surface area contributed by atoms with Crippen molar-refractivity contribution < 1.29 is 19.0 Å². The minimum absolute atomic E-state index is 0.103. The van der Waals surface area contributed by atoms with Gasteiger partial charge in [-0.05, 0) is 58.0 Å². The minimum atomic E-state index is -0.765. The van der Waals surface area contributed by atoms with Crippen molar-refractivity contribution in [2.75, 3.05) is 13.7 Å². The Morgan fingerprint density at radius 1 is 1.22 bits per heavy atom. The molecule has 2 heterocycles. The molecule has 36 heavy (non-hydrogen) atoms. The second-order valence-electron chi connectivity index (χ2n) is 8.39. The van der Waals surface area contributed by atoms with Gasteiger partial charge in [0.25, 0.3) is 5.56 Å². The number of ether oxygens (including phenoxy) is 3. The van der Waals surface area contributed by atoms with Crippen molar-refractivity contribution >= 4 is 35.0 Å². The molecule has 0 fully saturated rings. The van der Waals surface area contributed by atoms with Crippen LogP contribution in [0.5, 0.6) is 11.5 Å². The van der Waals surface area contributed by atoms with E-state index >= 15 is 0 Å². The number of methoxy groups -OCH3 is 1. The van der Waals surface area contributed by atoms with Crippen molar-refractivity contribution in [1.29, 1.82) is 0 Å². The van der Waals surface area contributed by atoms with Gasteiger partial charge < -0.3 is 14.2 Å². The van der Waals surface area contributed by atoms with E-state index < -0.39 is 12.0 Å². The van der Waals surface area contributed by atoms with Gasteiger partial charge in [-0.25, -0.2) is 9.79 Å². The van der Waals surface area contributed by atoms with Crippen LogP contribution in [0.25, 0.3) is 6.08 Å². The molecule has 0 N–H and O–H groups in total. The van der Waals surface area contributed by atoms with E-state index in [1.54, 1.807) is 45.2 Å². The first-order valence-electron chi connectivity index (χ1n) is 11.5. The summed E-state index contributed by atoms with van der Waals surface area (Å²) in [7, 11) is 1.56. The number of carbonyl (C=O) groups excluding carboxylic acids is 1. The molecule has 3 aromatic rings. The van der Waals surface area contributed by atoms with Crippen molar-refractivity contribution in [3.05, 3.63) is 89.6 Å². The Bertz CT molecular complexity index is 1520. The van der Waals surface area contributed by atoms with Crippen LogP contribution in [0.3, 0.4) is 0 Å². The Hall–Kier alpha value is -3.36. The van der Waals surface area contributed by atoms with Crippen LogP contribution in [0.2, 0.25) is 5.02 Å². The highest BCUT2D eigenvalue weighted by molar-refractivity contribution is 7.07. The SMILES string of the molecule is CCOC(=O)C1=C(C)N=c2s/c(=C\c3cc(Cl)ccc3OC)c(=O)n2[C@H]1c1ccccc1OC(C)C. The molecule has 1 aliphatic heterocycles. The van der Waals surface area contributed by atoms with E-state index in [2.05, 4.69) is 4.99 Å². The van der Waals surface area contributed by atoms with Crippen LogP contribution in [0.1, 0.15) is 44.9 Å². The molecule has 0 unspecified atom stereocenters. The number of fused-ring (bicyclic) bond motifs is 1. The largest absolute Gasteiger partial charge is 0.496 e. The third-order valence-electron chi connectivity index (χ3n) is 5.57. The molecule has 7 nitrogen and oxygen atoms in total. The molecule has 0 radical (unpaired) electrons. The zero-order valence-corrected chi connectivity index (χ0v) is 22.3. The lowest BCUT2D eigenvalue weighted by Gasteiger charge is -2.26. The number of carbonyl (C=O) groups is 1. The van der Waals surface area contributed by atoms with Crippen LogP contribution in [0.4, 0.5) is 0 Å². The minimum Gasteiger partial charge on any atom is -0.496 e. The maximum Gasteiger partial charge on any atom is 0.338 e. The standard InChI is InChI=1S/C27H27ClN2O5S/c1-6-34-26(32)23-16(4)29-27-30(24(23)19-9-7-8-10-21(19)35-15(2)3)25(31)22(36-27)14-17-13-18(28)11-12-20(17)33-5/h7-15,24H,6H2,1-5H3/b22-14-/t24-/m0/s1. The van der Waals surface area contributed by atoms with Crippen LogP contribution in [-0.2, 0) is 9.53 Å². The number of aromatic nitrogens is 1. The molecule has 0 saturated heterocycles. The molecule has 1 aliphatic rings. The van der Waals surface area contributed by atoms with Gasteiger partial charge >= 0.3 is 5.97 Å². The number of thiazole rings is 1. The highest BCUT2D eigenvalue weighted by Crippen LogP contribution is 2.36. The summed E-state index contributed by atoms with van der Waals surface area (Å²) in [4.78, 5) is 32.1. The molecule has 2 aromatic carbocycles. The van der Waals surface area contributed by atoms with Crippen LogP contribution in [0, 0.1) is 0 Å². The zero-order chi connectivity index (χ0) is 26.0. The number of benzene rings is 2. The first kappa shape index (κ1) is 25.7. The van der Waals surface area contributed by atoms with Gasteiger partial charge in [0.2, 0.25) is 0 Å². The highest BCUT2D eigenvalue weighted by atomic mass is 35.5. The number of nitrogens with zero attached hydrogens (tertiary/aromatic N) is 2. The lowest BCUT2D eigenvalue weighted by molar-refractivity contribution is -0.139. The van der Waals surface area contributed by atoms with Gasteiger partial charge in [-0.15, -0.1) is 0 Å². The first-order chi connectivity index (χ1) is 17.2. The van der Waals surface area contributed by atoms with Crippen molar-refractivity contribution in [2.24, 2.45) is 4.99 Å². The second-order valence-corrected chi connectivity index (χ2v) is 9.84. The fourth-order valence-electron chi connectivity index (χ4n) is 4.11. The Labute approximate surface area is 217 Å². The predicted molar refractivity (Wildman–Crippen MR) is 141 cm³/mol. The van der Waals surface area contributed by atoms with E-state index in [0.717, 1.165) is 0 Å². The number of halogens is 1. The van der Waals surface area contributed by atoms with Crippen molar-refractivity contribution in [3.8, 4) is 11.5 Å². The van der Waals surface area contributed by atoms with Crippen molar-refractivity contribution in [1.82, 2.24) is 4.57 Å². The number of para-hydroxylation sites is 1. The molecule has 0 bridgehead atoms. The number of hydrogen-bond donors (Lipinski definition) is 0. The number of allylic oxidation sites excluding steroid dienone is 1. The quantitative estimate of drug-likeness (QED) is 0.430. The van der Waals surface area contributed by atoms with Crippen LogP contribution in [0.15, 0.2) is 63.5 Å². The van der Waals surface area contributed by atoms with E-state index in [1.807, 2.05) is 38.1 Å². The predicted octanol–water partition coefficient (Wildman–Crippen LogP) is 4.25. The Morgan fingerprint density at radius 3 is 2.67 bits per heavy atom. The number of rotatable bonds is 7. The average molecular weight is 527 g/mol. The fourth-order valence-corrected chi connectivity index (χ4v) is 5.33. The van der Waals surface area contributed by atoms with E-state index in [-0.39, 0.29) is 18.3 Å². The van der Waals surface area contributed by atoms with Crippen LogP contribution >= 0.6 is 22.9 Å². The van der Waals surface area contributed by atoms with Gasteiger partial charge in [0.05, 0.1) is 35.6 Å². The fraction of sp³-hybridized carbons (Fsp3) is 0.296. The van der Waals surface area contributed by atoms with Crippen LogP contribution < -0.4 is 24.4 Å². The summed E-state index contributed by atoms with van der Waals surface area (Å²) in [6, 6.07) is 11.8. The van der Waals surface area contributed by atoms with Crippen molar-refractivity contribution in [3.63, 3.8) is 0 Å². The normalized spacial score (nSPS) is 15.5. The van der Waals surface area contributed by atoms with Gasteiger partial charge in [0.15, 0.2) is 4.80 Å². The molecule has 0 saturated carbocycles. The van der Waals surface area contributed by atoms with E-state index in [1.165, 1.54) is 15.9 Å². The molecule has 0 aliphatic carbocycles. The molecule has 4 rings (SSSR count). The third kappa shape index (κ3) is 4.96. The zero-order valence-electron chi connectivity index (χ0n) is 20.7. The smallest absolute Gasteiger partial charge is 0.338 e. The third-order valence-corrected chi connectivity index (χ3v) is 6.79. The van der Waals surface area contributed by atoms with E-state index in [9.17, 15) is 9.59 Å². The summed E-state index contributed by atoms with van der Waals surface area (Å²) in [5.74, 6) is 0.648. The van der Waals surface area contributed by atoms with Gasteiger partial charge in [-0.1, -0.05) is 41.1 Å². The summed E-state index contributed by atoms with van der Waals surface area (Å²) in [5, 5.41) is 0.521. The summed E-state index contributed by atoms with van der Waals surface area (Å²) >= 11 is 7.43. The summed E-state index contributed by atoms with van der Waals surface area (Å²) < 4.78 is 18.9. The first-order valence-corrected chi connectivity index (χ1v) is 12.7. The topological polar surface area (TPSA) is 79.1 Å². The Balaban J connectivity index is 2.00. The van der Waals surface area contributed by atoms with Gasteiger partial charge in [-0.2, -0.15) is 0 Å². The molecular formula is C27H27ClN2O5S. The molecular weight excluding hydrogens is 500 g/mol. The van der Waals surface area contributed by atoms with Gasteiger partial charge in [-0.3, -0.25) is 9.36 Å². The van der Waals surface area contributed by atoms with Crippen molar-refractivity contribution in [2.45, 2.75) is 39.8 Å².